The number of thioether (sulfide) groups is 1. The van der Waals surface area contributed by atoms with Crippen LogP contribution in [0.5, 0.6) is 5.75 Å². The Morgan fingerprint density at radius 1 is 1.13 bits per heavy atom. The third kappa shape index (κ3) is 5.08. The molecule has 10 heteroatoms. The minimum Gasteiger partial charge on any atom is -0.488 e. The molecule has 0 aliphatic carbocycles. The number of imide groups is 1. The number of carboxylic acids is 2. The van der Waals surface area contributed by atoms with E-state index in [-0.39, 0.29) is 17.1 Å². The summed E-state index contributed by atoms with van der Waals surface area (Å²) in [5, 5.41) is 17.2. The van der Waals surface area contributed by atoms with Gasteiger partial charge in [-0.05, 0) is 69.2 Å². The number of halogens is 1. The van der Waals surface area contributed by atoms with Crippen LogP contribution in [-0.4, -0.2) is 44.7 Å². The van der Waals surface area contributed by atoms with Crippen LogP contribution in [0, 0.1) is 0 Å². The summed E-state index contributed by atoms with van der Waals surface area (Å²) in [6, 6.07) is 11.4. The Morgan fingerprint density at radius 2 is 1.90 bits per heavy atom. The predicted molar refractivity (Wildman–Crippen MR) is 112 cm³/mol. The fourth-order valence-electron chi connectivity index (χ4n) is 2.60. The minimum absolute atomic E-state index is 0.132. The average molecular weight is 492 g/mol. The van der Waals surface area contributed by atoms with E-state index in [9.17, 15) is 19.2 Å². The number of benzene rings is 2. The van der Waals surface area contributed by atoms with E-state index in [2.05, 4.69) is 15.9 Å². The summed E-state index contributed by atoms with van der Waals surface area (Å²) in [4.78, 5) is 46.7. The average Bonchev–Trinajstić information content (AvgIpc) is 2.94. The maximum atomic E-state index is 12.2. The van der Waals surface area contributed by atoms with Crippen molar-refractivity contribution < 1.29 is 34.1 Å². The number of nitrogens with zero attached hydrogens (tertiary/aromatic N) is 1. The number of hydrogen-bond donors (Lipinski definition) is 2. The van der Waals surface area contributed by atoms with Crippen molar-refractivity contribution in [3.63, 3.8) is 0 Å². The monoisotopic (exact) mass is 491 g/mol. The second-order valence-electron chi connectivity index (χ2n) is 6.15. The molecule has 2 aromatic carbocycles. The zero-order chi connectivity index (χ0) is 21.8. The fourth-order valence-corrected chi connectivity index (χ4v) is 3.95. The molecule has 0 radical (unpaired) electrons. The Balaban J connectivity index is 1.71. The van der Waals surface area contributed by atoms with Gasteiger partial charge in [0.15, 0.2) is 0 Å². The summed E-state index contributed by atoms with van der Waals surface area (Å²) in [6.45, 7) is -0.519. The molecule has 0 saturated carbocycles. The van der Waals surface area contributed by atoms with E-state index in [0.717, 1.165) is 0 Å². The highest BCUT2D eigenvalue weighted by atomic mass is 79.9. The molecule has 0 unspecified atom stereocenters. The summed E-state index contributed by atoms with van der Waals surface area (Å²) in [7, 11) is 0. The van der Waals surface area contributed by atoms with E-state index in [1.165, 1.54) is 18.2 Å². The lowest BCUT2D eigenvalue weighted by Gasteiger charge is -2.10. The van der Waals surface area contributed by atoms with E-state index in [1.54, 1.807) is 30.3 Å². The van der Waals surface area contributed by atoms with Crippen LogP contribution in [0.1, 0.15) is 21.5 Å². The molecule has 30 heavy (non-hydrogen) atoms. The van der Waals surface area contributed by atoms with E-state index in [0.29, 0.717) is 38.0 Å². The van der Waals surface area contributed by atoms with E-state index in [1.807, 2.05) is 0 Å². The first-order chi connectivity index (χ1) is 14.2. The minimum atomic E-state index is -1.27. The van der Waals surface area contributed by atoms with Gasteiger partial charge in [0.1, 0.15) is 18.9 Å². The molecule has 154 valence electrons. The SMILES string of the molecule is O=C(O)CN1C(=O)S/C(=C/c2ccc(OCc3cccc(C(=O)O)c3)c(Br)c2)C1=O. The van der Waals surface area contributed by atoms with Gasteiger partial charge in [0.25, 0.3) is 11.1 Å². The number of carbonyl (C=O) groups excluding carboxylic acids is 2. The fraction of sp³-hybridized carbons (Fsp3) is 0.100. The number of carbonyl (C=O) groups is 4. The number of rotatable bonds is 7. The van der Waals surface area contributed by atoms with E-state index < -0.39 is 29.6 Å². The van der Waals surface area contributed by atoms with Crippen LogP contribution >= 0.6 is 27.7 Å². The number of carboxylic acid groups (broad SMARTS) is 2. The Kier molecular flexibility index (Phi) is 6.58. The summed E-state index contributed by atoms with van der Waals surface area (Å²) in [5.41, 5.74) is 1.48. The smallest absolute Gasteiger partial charge is 0.335 e. The van der Waals surface area contributed by atoms with Crippen molar-refractivity contribution in [3.8, 4) is 5.75 Å². The lowest BCUT2D eigenvalue weighted by molar-refractivity contribution is -0.140. The third-order valence-corrected chi connectivity index (χ3v) is 5.52. The normalized spacial score (nSPS) is 15.0. The molecule has 1 heterocycles. The zero-order valence-electron chi connectivity index (χ0n) is 15.2. The van der Waals surface area contributed by atoms with Crippen molar-refractivity contribution in [1.82, 2.24) is 4.90 Å². The summed E-state index contributed by atoms with van der Waals surface area (Å²) in [5.74, 6) is -2.43. The van der Waals surface area contributed by atoms with Crippen molar-refractivity contribution in [2.75, 3.05) is 6.54 Å². The van der Waals surface area contributed by atoms with Crippen LogP contribution in [0.15, 0.2) is 51.8 Å². The molecule has 0 bridgehead atoms. The highest BCUT2D eigenvalue weighted by Crippen LogP contribution is 2.34. The predicted octanol–water partition coefficient (Wildman–Crippen LogP) is 3.85. The number of hydrogen-bond acceptors (Lipinski definition) is 6. The molecule has 0 spiro atoms. The molecular formula is C20H14BrNO7S. The van der Waals surface area contributed by atoms with Crippen molar-refractivity contribution in [1.29, 1.82) is 0 Å². The molecule has 2 amide bonds. The van der Waals surface area contributed by atoms with Crippen molar-refractivity contribution >= 4 is 56.9 Å². The summed E-state index contributed by atoms with van der Waals surface area (Å²) in [6.07, 6.45) is 1.50. The molecule has 3 rings (SSSR count). The lowest BCUT2D eigenvalue weighted by atomic mass is 10.1. The zero-order valence-corrected chi connectivity index (χ0v) is 17.6. The van der Waals surface area contributed by atoms with Gasteiger partial charge in [0, 0.05) is 0 Å². The van der Waals surface area contributed by atoms with Gasteiger partial charge in [-0.25, -0.2) is 4.79 Å². The molecular weight excluding hydrogens is 478 g/mol. The van der Waals surface area contributed by atoms with Gasteiger partial charge in [0.05, 0.1) is 14.9 Å². The van der Waals surface area contributed by atoms with Gasteiger partial charge in [0.2, 0.25) is 0 Å². The Labute approximate surface area is 183 Å². The van der Waals surface area contributed by atoms with E-state index in [4.69, 9.17) is 14.9 Å². The quantitative estimate of drug-likeness (QED) is 0.560. The Morgan fingerprint density at radius 3 is 2.57 bits per heavy atom. The Hall–Kier alpha value is -3.11. The number of ether oxygens (including phenoxy) is 1. The van der Waals surface area contributed by atoms with Gasteiger partial charge in [-0.2, -0.15) is 0 Å². The lowest BCUT2D eigenvalue weighted by Crippen LogP contribution is -2.33. The number of aliphatic carboxylic acids is 1. The number of aromatic carboxylic acids is 1. The molecule has 2 N–H and O–H groups in total. The molecule has 8 nitrogen and oxygen atoms in total. The van der Waals surface area contributed by atoms with Crippen LogP contribution in [0.25, 0.3) is 6.08 Å². The van der Waals surface area contributed by atoms with Crippen molar-refractivity contribution in [2.24, 2.45) is 0 Å². The summed E-state index contributed by atoms with van der Waals surface area (Å²) < 4.78 is 6.31. The van der Waals surface area contributed by atoms with E-state index >= 15 is 0 Å². The highest BCUT2D eigenvalue weighted by molar-refractivity contribution is 9.10. The molecule has 1 aliphatic heterocycles. The molecule has 0 aromatic heterocycles. The maximum Gasteiger partial charge on any atom is 0.335 e. The van der Waals surface area contributed by atoms with Gasteiger partial charge in [-0.15, -0.1) is 0 Å². The van der Waals surface area contributed by atoms with Crippen LogP contribution in [-0.2, 0) is 16.2 Å². The van der Waals surface area contributed by atoms with Crippen LogP contribution in [0.3, 0.4) is 0 Å². The molecule has 1 fully saturated rings. The van der Waals surface area contributed by atoms with Crippen molar-refractivity contribution in [3.05, 3.63) is 68.5 Å². The van der Waals surface area contributed by atoms with Gasteiger partial charge in [-0.3, -0.25) is 19.3 Å². The topological polar surface area (TPSA) is 121 Å². The second-order valence-corrected chi connectivity index (χ2v) is 7.99. The maximum absolute atomic E-state index is 12.2. The van der Waals surface area contributed by atoms with Gasteiger partial charge in [-0.1, -0.05) is 18.2 Å². The standard InChI is InChI=1S/C20H14BrNO7S/c21-14-7-11(8-16-18(25)22(9-17(23)24)20(28)30-16)4-5-15(14)29-10-12-2-1-3-13(6-12)19(26)27/h1-8H,9-10H2,(H,23,24)(H,26,27)/b16-8+. The van der Waals surface area contributed by atoms with Gasteiger partial charge < -0.3 is 14.9 Å². The second kappa shape index (κ2) is 9.14. The first-order valence-corrected chi connectivity index (χ1v) is 10.1. The van der Waals surface area contributed by atoms with Crippen LogP contribution < -0.4 is 4.74 Å². The molecule has 1 aliphatic rings. The third-order valence-electron chi connectivity index (χ3n) is 3.99. The van der Waals surface area contributed by atoms with Crippen LogP contribution in [0.2, 0.25) is 0 Å². The largest absolute Gasteiger partial charge is 0.488 e. The highest BCUT2D eigenvalue weighted by Gasteiger charge is 2.36. The molecule has 2 aromatic rings. The van der Waals surface area contributed by atoms with Crippen LogP contribution in [0.4, 0.5) is 4.79 Å². The number of amides is 2. The Bertz CT molecular complexity index is 1080. The summed E-state index contributed by atoms with van der Waals surface area (Å²) >= 11 is 4.06. The van der Waals surface area contributed by atoms with Crippen molar-refractivity contribution in [2.45, 2.75) is 6.61 Å². The molecule has 1 saturated heterocycles. The van der Waals surface area contributed by atoms with Gasteiger partial charge >= 0.3 is 11.9 Å². The first kappa shape index (κ1) is 21.6. The molecule has 0 atom stereocenters. The first-order valence-electron chi connectivity index (χ1n) is 8.46.